The van der Waals surface area contributed by atoms with Crippen molar-refractivity contribution in [2.75, 3.05) is 25.5 Å². The number of aromatic nitrogens is 2. The molecule has 3 rings (SSSR count). The zero-order valence-electron chi connectivity index (χ0n) is 15.3. The molecule has 6 nitrogen and oxygen atoms in total. The number of hydrogen-bond acceptors (Lipinski definition) is 5. The SMILES string of the molecule is COc1cc(Cl)c(C)cc1Nc1nccc(C(=O)N2CCC(C)CC2)n1. The van der Waals surface area contributed by atoms with Crippen molar-refractivity contribution in [1.29, 1.82) is 0 Å². The van der Waals surface area contributed by atoms with Crippen LogP contribution < -0.4 is 10.1 Å². The van der Waals surface area contributed by atoms with Crippen molar-refractivity contribution in [2.24, 2.45) is 5.92 Å². The Morgan fingerprint density at radius 3 is 2.77 bits per heavy atom. The molecular formula is C19H23ClN4O2. The topological polar surface area (TPSA) is 67.3 Å². The van der Waals surface area contributed by atoms with Gasteiger partial charge >= 0.3 is 0 Å². The minimum atomic E-state index is -0.0541. The Morgan fingerprint density at radius 1 is 1.35 bits per heavy atom. The van der Waals surface area contributed by atoms with E-state index in [0.29, 0.717) is 34.0 Å². The van der Waals surface area contributed by atoms with Gasteiger partial charge in [-0.2, -0.15) is 0 Å². The molecule has 1 aromatic heterocycles. The third-order valence-electron chi connectivity index (χ3n) is 4.67. The quantitative estimate of drug-likeness (QED) is 0.873. The number of ether oxygens (including phenoxy) is 1. The maximum Gasteiger partial charge on any atom is 0.272 e. The van der Waals surface area contributed by atoms with Crippen molar-refractivity contribution in [3.05, 3.63) is 40.7 Å². The fraction of sp³-hybridized carbons (Fsp3) is 0.421. The molecule has 0 aliphatic carbocycles. The number of methoxy groups -OCH3 is 1. The summed E-state index contributed by atoms with van der Waals surface area (Å²) in [6.45, 7) is 5.68. The molecule has 1 aromatic carbocycles. The van der Waals surface area contributed by atoms with Crippen molar-refractivity contribution in [1.82, 2.24) is 14.9 Å². The van der Waals surface area contributed by atoms with E-state index in [1.54, 1.807) is 25.4 Å². The number of anilines is 2. The van der Waals surface area contributed by atoms with Gasteiger partial charge in [0.2, 0.25) is 5.95 Å². The molecule has 1 fully saturated rings. The number of hydrogen-bond donors (Lipinski definition) is 1. The molecule has 0 spiro atoms. The van der Waals surface area contributed by atoms with Crippen LogP contribution in [-0.4, -0.2) is 41.0 Å². The average Bonchev–Trinajstić information content (AvgIpc) is 2.65. The van der Waals surface area contributed by atoms with Crippen molar-refractivity contribution in [2.45, 2.75) is 26.7 Å². The molecule has 2 heterocycles. The highest BCUT2D eigenvalue weighted by Crippen LogP contribution is 2.32. The first-order valence-electron chi connectivity index (χ1n) is 8.71. The second kappa shape index (κ2) is 7.91. The van der Waals surface area contributed by atoms with Crippen molar-refractivity contribution in [3.63, 3.8) is 0 Å². The predicted octanol–water partition coefficient (Wildman–Crippen LogP) is 4.06. The summed E-state index contributed by atoms with van der Waals surface area (Å²) in [5, 5.41) is 3.74. The van der Waals surface area contributed by atoms with E-state index in [0.717, 1.165) is 31.5 Å². The Hall–Kier alpha value is -2.34. The van der Waals surface area contributed by atoms with Crippen LogP contribution in [0, 0.1) is 12.8 Å². The normalized spacial score (nSPS) is 15.0. The number of piperidine rings is 1. The summed E-state index contributed by atoms with van der Waals surface area (Å²) in [4.78, 5) is 23.2. The van der Waals surface area contributed by atoms with Crippen LogP contribution >= 0.6 is 11.6 Å². The first kappa shape index (κ1) is 18.5. The van der Waals surface area contributed by atoms with Gasteiger partial charge in [-0.15, -0.1) is 0 Å². The van der Waals surface area contributed by atoms with E-state index in [1.807, 2.05) is 17.9 Å². The highest BCUT2D eigenvalue weighted by molar-refractivity contribution is 6.31. The van der Waals surface area contributed by atoms with Crippen LogP contribution in [0.3, 0.4) is 0 Å². The van der Waals surface area contributed by atoms with Gasteiger partial charge in [0, 0.05) is 30.4 Å². The standard InChI is InChI=1S/C19H23ClN4O2/c1-12-5-8-24(9-6-12)18(25)15-4-7-21-19(22-15)23-16-10-13(2)14(20)11-17(16)26-3/h4,7,10-12H,5-6,8-9H2,1-3H3,(H,21,22,23). The Kier molecular flexibility index (Phi) is 5.61. The second-order valence-electron chi connectivity index (χ2n) is 6.67. The Bertz CT molecular complexity index is 804. The molecule has 1 amide bonds. The Balaban J connectivity index is 1.80. The third-order valence-corrected chi connectivity index (χ3v) is 5.08. The van der Waals surface area contributed by atoms with Crippen LogP contribution in [0.15, 0.2) is 24.4 Å². The number of carbonyl (C=O) groups is 1. The smallest absolute Gasteiger partial charge is 0.272 e. The van der Waals surface area contributed by atoms with Crippen LogP contribution in [0.2, 0.25) is 5.02 Å². The number of halogens is 1. The summed E-state index contributed by atoms with van der Waals surface area (Å²) in [5.74, 6) is 1.55. The number of amides is 1. The average molecular weight is 375 g/mol. The van der Waals surface area contributed by atoms with E-state index in [-0.39, 0.29) is 5.91 Å². The zero-order chi connectivity index (χ0) is 18.7. The predicted molar refractivity (Wildman–Crippen MR) is 102 cm³/mol. The molecule has 0 radical (unpaired) electrons. The first-order valence-corrected chi connectivity index (χ1v) is 9.09. The number of carbonyl (C=O) groups excluding carboxylic acids is 1. The van der Waals surface area contributed by atoms with Gasteiger partial charge in [0.25, 0.3) is 5.91 Å². The zero-order valence-corrected chi connectivity index (χ0v) is 16.0. The molecule has 0 atom stereocenters. The van der Waals surface area contributed by atoms with Crippen molar-refractivity contribution < 1.29 is 9.53 Å². The van der Waals surface area contributed by atoms with Crippen LogP contribution in [0.5, 0.6) is 5.75 Å². The largest absolute Gasteiger partial charge is 0.495 e. The summed E-state index contributed by atoms with van der Waals surface area (Å²) in [6, 6.07) is 5.25. The summed E-state index contributed by atoms with van der Waals surface area (Å²) < 4.78 is 5.36. The second-order valence-corrected chi connectivity index (χ2v) is 7.07. The van der Waals surface area contributed by atoms with Crippen LogP contribution in [-0.2, 0) is 0 Å². The van der Waals surface area contributed by atoms with Crippen LogP contribution in [0.25, 0.3) is 0 Å². The summed E-state index contributed by atoms with van der Waals surface area (Å²) >= 11 is 6.14. The van der Waals surface area contributed by atoms with Gasteiger partial charge in [0.15, 0.2) is 0 Å². The highest BCUT2D eigenvalue weighted by Gasteiger charge is 2.22. The van der Waals surface area contributed by atoms with E-state index in [9.17, 15) is 4.79 Å². The molecule has 138 valence electrons. The molecule has 0 unspecified atom stereocenters. The van der Waals surface area contributed by atoms with Gasteiger partial charge in [-0.05, 0) is 43.4 Å². The maximum absolute atomic E-state index is 12.7. The van der Waals surface area contributed by atoms with E-state index in [4.69, 9.17) is 16.3 Å². The lowest BCUT2D eigenvalue weighted by molar-refractivity contribution is 0.0691. The van der Waals surface area contributed by atoms with E-state index < -0.39 is 0 Å². The molecular weight excluding hydrogens is 352 g/mol. The van der Waals surface area contributed by atoms with E-state index in [1.165, 1.54) is 0 Å². The lowest BCUT2D eigenvalue weighted by Crippen LogP contribution is -2.38. The fourth-order valence-corrected chi connectivity index (χ4v) is 3.12. The van der Waals surface area contributed by atoms with Gasteiger partial charge in [0.1, 0.15) is 11.4 Å². The van der Waals surface area contributed by atoms with Gasteiger partial charge in [0.05, 0.1) is 12.8 Å². The van der Waals surface area contributed by atoms with Gasteiger partial charge < -0.3 is 15.0 Å². The summed E-state index contributed by atoms with van der Waals surface area (Å²) in [6.07, 6.45) is 3.65. The van der Waals surface area contributed by atoms with Gasteiger partial charge in [-0.1, -0.05) is 18.5 Å². The minimum absolute atomic E-state index is 0.0541. The number of nitrogens with zero attached hydrogens (tertiary/aromatic N) is 3. The maximum atomic E-state index is 12.7. The molecule has 2 aromatic rings. The highest BCUT2D eigenvalue weighted by atomic mass is 35.5. The Morgan fingerprint density at radius 2 is 2.08 bits per heavy atom. The Labute approximate surface area is 158 Å². The first-order chi connectivity index (χ1) is 12.5. The summed E-state index contributed by atoms with van der Waals surface area (Å²) in [7, 11) is 1.57. The van der Waals surface area contributed by atoms with Gasteiger partial charge in [-0.3, -0.25) is 4.79 Å². The molecule has 1 aliphatic rings. The number of rotatable bonds is 4. The number of benzene rings is 1. The fourth-order valence-electron chi connectivity index (χ4n) is 2.96. The van der Waals surface area contributed by atoms with E-state index >= 15 is 0 Å². The lowest BCUT2D eigenvalue weighted by Gasteiger charge is -2.30. The molecule has 1 saturated heterocycles. The molecule has 1 N–H and O–H groups in total. The molecule has 7 heteroatoms. The molecule has 26 heavy (non-hydrogen) atoms. The van der Waals surface area contributed by atoms with Crippen LogP contribution in [0.4, 0.5) is 11.6 Å². The monoisotopic (exact) mass is 374 g/mol. The summed E-state index contributed by atoms with van der Waals surface area (Å²) in [5.41, 5.74) is 2.00. The minimum Gasteiger partial charge on any atom is -0.495 e. The van der Waals surface area contributed by atoms with Gasteiger partial charge in [-0.25, -0.2) is 9.97 Å². The van der Waals surface area contributed by atoms with E-state index in [2.05, 4.69) is 22.2 Å². The number of likely N-dealkylation sites (tertiary alicyclic amines) is 1. The third kappa shape index (κ3) is 4.07. The van der Waals surface area contributed by atoms with Crippen molar-refractivity contribution >= 4 is 29.1 Å². The molecule has 0 saturated carbocycles. The molecule has 1 aliphatic heterocycles. The van der Waals surface area contributed by atoms with Crippen molar-refractivity contribution in [3.8, 4) is 5.75 Å². The molecule has 0 bridgehead atoms. The number of nitrogens with one attached hydrogen (secondary N) is 1. The number of aryl methyl sites for hydroxylation is 1. The lowest BCUT2D eigenvalue weighted by atomic mass is 9.99. The van der Waals surface area contributed by atoms with Crippen LogP contribution in [0.1, 0.15) is 35.8 Å².